The largest absolute Gasteiger partial charge is 0.287 e. The van der Waals surface area contributed by atoms with Gasteiger partial charge >= 0.3 is 0 Å². The van der Waals surface area contributed by atoms with Crippen LogP contribution in [0.25, 0.3) is 10.4 Å². The summed E-state index contributed by atoms with van der Waals surface area (Å²) in [6, 6.07) is 0. The Labute approximate surface area is 61.5 Å². The maximum absolute atomic E-state index is 10.7. The van der Waals surface area contributed by atoms with Crippen molar-refractivity contribution in [3.8, 4) is 0 Å². The molecule has 54 valence electrons. The molecule has 0 atom stereocenters. The minimum Gasteiger partial charge on any atom is -0.287 e. The zero-order valence-corrected chi connectivity index (χ0v) is 5.38. The molecule has 0 unspecified atom stereocenters. The predicted octanol–water partition coefficient (Wildman–Crippen LogP) is 0.927. The van der Waals surface area contributed by atoms with Gasteiger partial charge in [-0.25, -0.2) is 9.97 Å². The van der Waals surface area contributed by atoms with Gasteiger partial charge in [-0.3, -0.25) is 4.79 Å². The van der Waals surface area contributed by atoms with E-state index in [0.717, 1.165) is 0 Å². The monoisotopic (exact) mass is 149 g/mol. The molecule has 0 spiro atoms. The Morgan fingerprint density at radius 3 is 2.73 bits per heavy atom. The van der Waals surface area contributed by atoms with Crippen LogP contribution in [0.1, 0.15) is 10.4 Å². The smallest absolute Gasteiger partial charge is 0.252 e. The third kappa shape index (κ3) is 1.74. The van der Waals surface area contributed by atoms with Gasteiger partial charge in [-0.05, 0) is 10.6 Å². The molecule has 0 aliphatic carbocycles. The molecule has 0 aliphatic rings. The molecule has 0 N–H and O–H groups in total. The zero-order chi connectivity index (χ0) is 8.10. The lowest BCUT2D eigenvalue weighted by atomic mass is 10.3. The van der Waals surface area contributed by atoms with Crippen LogP contribution in [-0.4, -0.2) is 15.9 Å². The van der Waals surface area contributed by atoms with Crippen molar-refractivity contribution >= 4 is 5.91 Å². The van der Waals surface area contributed by atoms with Crippen LogP contribution in [0.15, 0.2) is 23.8 Å². The summed E-state index contributed by atoms with van der Waals surface area (Å²) in [6.45, 7) is 0. The molecule has 1 aromatic rings. The highest BCUT2D eigenvalue weighted by Gasteiger charge is 2.00. The van der Waals surface area contributed by atoms with E-state index in [9.17, 15) is 4.79 Å². The number of azide groups is 1. The quantitative estimate of drug-likeness (QED) is 0.337. The summed E-state index contributed by atoms with van der Waals surface area (Å²) in [5, 5.41) is 2.86. The average molecular weight is 149 g/mol. The number of nitrogens with zero attached hydrogens (tertiary/aromatic N) is 5. The minimum absolute atomic E-state index is 0.185. The van der Waals surface area contributed by atoms with Crippen molar-refractivity contribution < 1.29 is 4.79 Å². The van der Waals surface area contributed by atoms with Crippen LogP contribution < -0.4 is 0 Å². The number of rotatable bonds is 1. The van der Waals surface area contributed by atoms with Crippen LogP contribution in [0.4, 0.5) is 0 Å². The third-order valence-electron chi connectivity index (χ3n) is 0.943. The molecular formula is C5H3N5O. The summed E-state index contributed by atoms with van der Waals surface area (Å²) < 4.78 is 0. The normalized spacial score (nSPS) is 8.36. The van der Waals surface area contributed by atoms with Crippen molar-refractivity contribution in [2.45, 2.75) is 0 Å². The molecule has 1 aromatic heterocycles. The summed E-state index contributed by atoms with van der Waals surface area (Å²) in [5.74, 6) is -0.673. The van der Waals surface area contributed by atoms with Gasteiger partial charge in [0.2, 0.25) is 0 Å². The van der Waals surface area contributed by atoms with E-state index in [-0.39, 0.29) is 5.56 Å². The standard InChI is InChI=1S/C5H3N5O/c6-10-9-5(11)4-1-7-3-8-2-4/h1-3H. The molecular weight excluding hydrogens is 146 g/mol. The van der Waals surface area contributed by atoms with Gasteiger partial charge in [0.15, 0.2) is 0 Å². The molecule has 0 aromatic carbocycles. The van der Waals surface area contributed by atoms with Crippen LogP contribution in [-0.2, 0) is 0 Å². The fraction of sp³-hybridized carbons (Fsp3) is 0. The molecule has 1 heterocycles. The Hall–Kier alpha value is -1.94. The van der Waals surface area contributed by atoms with Crippen molar-refractivity contribution in [2.75, 3.05) is 0 Å². The van der Waals surface area contributed by atoms with E-state index in [4.69, 9.17) is 5.53 Å². The Morgan fingerprint density at radius 1 is 1.55 bits per heavy atom. The Balaban J connectivity index is 2.94. The van der Waals surface area contributed by atoms with E-state index >= 15 is 0 Å². The molecule has 0 saturated heterocycles. The fourth-order valence-corrected chi connectivity index (χ4v) is 0.508. The van der Waals surface area contributed by atoms with E-state index in [1.54, 1.807) is 0 Å². The first-order valence-corrected chi connectivity index (χ1v) is 2.69. The lowest BCUT2D eigenvalue weighted by molar-refractivity contribution is 0.0999. The molecule has 0 radical (unpaired) electrons. The number of carbonyl (C=O) groups excluding carboxylic acids is 1. The summed E-state index contributed by atoms with van der Waals surface area (Å²) in [4.78, 5) is 20.2. The first kappa shape index (κ1) is 7.17. The summed E-state index contributed by atoms with van der Waals surface area (Å²) in [5.41, 5.74) is 8.08. The number of carbonyl (C=O) groups is 1. The third-order valence-corrected chi connectivity index (χ3v) is 0.943. The number of aromatic nitrogens is 2. The highest BCUT2D eigenvalue weighted by molar-refractivity contribution is 5.94. The van der Waals surface area contributed by atoms with E-state index in [0.29, 0.717) is 0 Å². The maximum Gasteiger partial charge on any atom is 0.252 e. The van der Waals surface area contributed by atoms with Gasteiger partial charge in [0.25, 0.3) is 5.91 Å². The first-order valence-electron chi connectivity index (χ1n) is 2.69. The van der Waals surface area contributed by atoms with Gasteiger partial charge in [-0.2, -0.15) is 0 Å². The second kappa shape index (κ2) is 3.28. The van der Waals surface area contributed by atoms with Crippen LogP contribution in [0.3, 0.4) is 0 Å². The van der Waals surface area contributed by atoms with Gasteiger partial charge in [0.1, 0.15) is 6.33 Å². The lowest BCUT2D eigenvalue weighted by Gasteiger charge is -1.88. The van der Waals surface area contributed by atoms with Crippen molar-refractivity contribution in [2.24, 2.45) is 5.11 Å². The van der Waals surface area contributed by atoms with Crippen LogP contribution in [0, 0.1) is 0 Å². The van der Waals surface area contributed by atoms with E-state index in [2.05, 4.69) is 20.0 Å². The summed E-state index contributed by atoms with van der Waals surface area (Å²) in [7, 11) is 0. The average Bonchev–Trinajstić information content (AvgIpc) is 2.07. The molecule has 0 fully saturated rings. The van der Waals surface area contributed by atoms with E-state index in [1.807, 2.05) is 0 Å². The van der Waals surface area contributed by atoms with Crippen molar-refractivity contribution in [1.82, 2.24) is 9.97 Å². The number of hydrogen-bond donors (Lipinski definition) is 0. The van der Waals surface area contributed by atoms with Crippen LogP contribution in [0.5, 0.6) is 0 Å². The lowest BCUT2D eigenvalue weighted by Crippen LogP contribution is -1.94. The van der Waals surface area contributed by atoms with Crippen molar-refractivity contribution in [3.63, 3.8) is 0 Å². The zero-order valence-electron chi connectivity index (χ0n) is 5.38. The fourth-order valence-electron chi connectivity index (χ4n) is 0.508. The molecule has 6 heteroatoms. The van der Waals surface area contributed by atoms with Gasteiger partial charge in [0.05, 0.1) is 5.56 Å². The molecule has 1 rings (SSSR count). The second-order valence-corrected chi connectivity index (χ2v) is 1.62. The molecule has 11 heavy (non-hydrogen) atoms. The molecule has 1 amide bonds. The minimum atomic E-state index is -0.673. The summed E-state index contributed by atoms with van der Waals surface area (Å²) in [6.07, 6.45) is 3.85. The second-order valence-electron chi connectivity index (χ2n) is 1.62. The van der Waals surface area contributed by atoms with Gasteiger partial charge < -0.3 is 0 Å². The summed E-state index contributed by atoms with van der Waals surface area (Å²) >= 11 is 0. The SMILES string of the molecule is [N-]=[N+]=NC(=O)c1cncnc1. The number of amides is 1. The number of hydrogen-bond acceptors (Lipinski definition) is 3. The highest BCUT2D eigenvalue weighted by atomic mass is 16.1. The Morgan fingerprint density at radius 2 is 2.18 bits per heavy atom. The molecule has 6 nitrogen and oxygen atoms in total. The van der Waals surface area contributed by atoms with E-state index < -0.39 is 5.91 Å². The molecule has 0 saturated carbocycles. The van der Waals surface area contributed by atoms with Gasteiger partial charge in [0, 0.05) is 17.3 Å². The molecule has 0 aliphatic heterocycles. The highest BCUT2D eigenvalue weighted by Crippen LogP contribution is 1.95. The first-order chi connectivity index (χ1) is 5.34. The van der Waals surface area contributed by atoms with Gasteiger partial charge in [-0.1, -0.05) is 0 Å². The Bertz CT molecular complexity index is 302. The Kier molecular flexibility index (Phi) is 2.14. The van der Waals surface area contributed by atoms with Crippen molar-refractivity contribution in [1.29, 1.82) is 0 Å². The topological polar surface area (TPSA) is 91.6 Å². The van der Waals surface area contributed by atoms with E-state index in [1.165, 1.54) is 18.7 Å². The van der Waals surface area contributed by atoms with Crippen LogP contribution >= 0.6 is 0 Å². The van der Waals surface area contributed by atoms with Crippen LogP contribution in [0.2, 0.25) is 0 Å². The predicted molar refractivity (Wildman–Crippen MR) is 35.5 cm³/mol. The maximum atomic E-state index is 10.7. The molecule has 0 bridgehead atoms. The van der Waals surface area contributed by atoms with Gasteiger partial charge in [-0.15, -0.1) is 0 Å². The van der Waals surface area contributed by atoms with Crippen molar-refractivity contribution in [3.05, 3.63) is 34.7 Å².